The molecule has 114 valence electrons. The van der Waals surface area contributed by atoms with Crippen molar-refractivity contribution in [1.82, 2.24) is 14.3 Å². The first-order valence-corrected chi connectivity index (χ1v) is 8.57. The minimum absolute atomic E-state index is 0.0396. The first-order chi connectivity index (χ1) is 9.63. The summed E-state index contributed by atoms with van der Waals surface area (Å²) in [5, 5.41) is 3.24. The molecular weight excluding hydrogens is 278 g/mol. The number of nitrogens with one attached hydrogen (secondary N) is 2. The van der Waals surface area contributed by atoms with E-state index in [0.717, 1.165) is 25.8 Å². The number of furan rings is 1. The quantitative estimate of drug-likeness (QED) is 0.790. The maximum Gasteiger partial charge on any atom is 0.280 e. The second-order valence-electron chi connectivity index (χ2n) is 4.97. The largest absolute Gasteiger partial charge is 0.468 e. The summed E-state index contributed by atoms with van der Waals surface area (Å²) in [5.41, 5.74) is 0. The number of hydrogen-bond donors (Lipinski definition) is 2. The fraction of sp³-hybridized carbons (Fsp3) is 0.692. The van der Waals surface area contributed by atoms with Crippen molar-refractivity contribution in [2.24, 2.45) is 0 Å². The van der Waals surface area contributed by atoms with Crippen molar-refractivity contribution < 1.29 is 12.8 Å². The third kappa shape index (κ3) is 4.05. The lowest BCUT2D eigenvalue weighted by Crippen LogP contribution is -2.52. The molecule has 0 radical (unpaired) electrons. The van der Waals surface area contributed by atoms with Crippen LogP contribution in [0.15, 0.2) is 22.8 Å². The summed E-state index contributed by atoms with van der Waals surface area (Å²) in [5.74, 6) is 0.619. The van der Waals surface area contributed by atoms with Crippen molar-refractivity contribution in [3.05, 3.63) is 24.2 Å². The summed E-state index contributed by atoms with van der Waals surface area (Å²) < 4.78 is 34.1. The highest BCUT2D eigenvalue weighted by molar-refractivity contribution is 7.87. The lowest BCUT2D eigenvalue weighted by Gasteiger charge is -2.34. The van der Waals surface area contributed by atoms with Crippen LogP contribution in [-0.4, -0.2) is 38.4 Å². The van der Waals surface area contributed by atoms with E-state index in [1.54, 1.807) is 22.7 Å². The zero-order valence-corrected chi connectivity index (χ0v) is 12.7. The molecule has 20 heavy (non-hydrogen) atoms. The zero-order chi connectivity index (χ0) is 14.4. The number of rotatable bonds is 7. The van der Waals surface area contributed by atoms with Gasteiger partial charge in [0, 0.05) is 19.1 Å². The van der Waals surface area contributed by atoms with E-state index < -0.39 is 10.2 Å². The first kappa shape index (κ1) is 15.5. The monoisotopic (exact) mass is 301 g/mol. The maximum absolute atomic E-state index is 12.4. The molecule has 1 aliphatic heterocycles. The van der Waals surface area contributed by atoms with E-state index in [4.69, 9.17) is 4.42 Å². The van der Waals surface area contributed by atoms with Crippen LogP contribution in [-0.2, 0) is 16.8 Å². The van der Waals surface area contributed by atoms with Crippen LogP contribution in [0.1, 0.15) is 31.9 Å². The minimum Gasteiger partial charge on any atom is -0.468 e. The average molecular weight is 301 g/mol. The number of piperidine rings is 1. The summed E-state index contributed by atoms with van der Waals surface area (Å²) in [7, 11) is -3.46. The van der Waals surface area contributed by atoms with Crippen LogP contribution < -0.4 is 10.0 Å². The van der Waals surface area contributed by atoms with Gasteiger partial charge in [-0.05, 0) is 31.5 Å². The highest BCUT2D eigenvalue weighted by Crippen LogP contribution is 2.19. The molecule has 6 nitrogen and oxygen atoms in total. The number of hydrogen-bond acceptors (Lipinski definition) is 4. The fourth-order valence-electron chi connectivity index (χ4n) is 2.46. The van der Waals surface area contributed by atoms with Gasteiger partial charge in [0.2, 0.25) is 0 Å². The fourth-order valence-corrected chi connectivity index (χ4v) is 3.90. The maximum atomic E-state index is 12.4. The van der Waals surface area contributed by atoms with E-state index in [1.165, 1.54) is 0 Å². The van der Waals surface area contributed by atoms with Crippen LogP contribution in [0.3, 0.4) is 0 Å². The Morgan fingerprint density at radius 2 is 2.30 bits per heavy atom. The zero-order valence-electron chi connectivity index (χ0n) is 11.8. The molecule has 2 heterocycles. The molecule has 0 amide bonds. The topological polar surface area (TPSA) is 74.6 Å². The normalized spacial score (nSPS) is 21.1. The Morgan fingerprint density at radius 1 is 1.45 bits per heavy atom. The van der Waals surface area contributed by atoms with E-state index in [2.05, 4.69) is 10.0 Å². The summed E-state index contributed by atoms with van der Waals surface area (Å²) in [6.45, 7) is 4.36. The minimum atomic E-state index is -3.46. The molecule has 0 saturated carbocycles. The van der Waals surface area contributed by atoms with E-state index in [9.17, 15) is 8.42 Å². The van der Waals surface area contributed by atoms with Crippen LogP contribution in [0.5, 0.6) is 0 Å². The van der Waals surface area contributed by atoms with E-state index in [0.29, 0.717) is 18.8 Å². The molecule has 1 saturated heterocycles. The van der Waals surface area contributed by atoms with Crippen molar-refractivity contribution >= 4 is 10.2 Å². The summed E-state index contributed by atoms with van der Waals surface area (Å²) in [6.07, 6.45) is 4.46. The third-order valence-corrected chi connectivity index (χ3v) is 5.13. The number of nitrogens with zero attached hydrogens (tertiary/aromatic N) is 1. The molecule has 1 aromatic heterocycles. The molecule has 0 spiro atoms. The first-order valence-electron chi connectivity index (χ1n) is 7.13. The number of likely N-dealkylation sites (N-methyl/N-ethyl adjacent to an activating group) is 1. The average Bonchev–Trinajstić information content (AvgIpc) is 2.97. The van der Waals surface area contributed by atoms with Crippen LogP contribution in [0, 0.1) is 0 Å². The molecule has 7 heteroatoms. The van der Waals surface area contributed by atoms with Gasteiger partial charge in [-0.2, -0.15) is 17.4 Å². The summed E-state index contributed by atoms with van der Waals surface area (Å²) in [6, 6.07) is 3.55. The Kier molecular flexibility index (Phi) is 5.59. The van der Waals surface area contributed by atoms with Crippen LogP contribution >= 0.6 is 0 Å². The standard InChI is InChI=1S/C13H23N3O3S/c1-2-14-10-12-6-3-4-8-16(12)20(17,18)15-11-13-7-5-9-19-13/h5,7,9,12,14-15H,2-4,6,8,10-11H2,1H3. The Hall–Kier alpha value is -0.890. The molecule has 2 N–H and O–H groups in total. The van der Waals surface area contributed by atoms with Gasteiger partial charge in [-0.1, -0.05) is 13.3 Å². The van der Waals surface area contributed by atoms with Gasteiger partial charge in [0.1, 0.15) is 5.76 Å². The Morgan fingerprint density at radius 3 is 3.00 bits per heavy atom. The van der Waals surface area contributed by atoms with Gasteiger partial charge in [-0.15, -0.1) is 0 Å². The Bertz CT molecular complexity index is 487. The van der Waals surface area contributed by atoms with E-state index in [1.807, 2.05) is 6.92 Å². The highest BCUT2D eigenvalue weighted by atomic mass is 32.2. The van der Waals surface area contributed by atoms with Crippen molar-refractivity contribution in [3.63, 3.8) is 0 Å². The van der Waals surface area contributed by atoms with Gasteiger partial charge in [0.25, 0.3) is 10.2 Å². The predicted molar refractivity (Wildman–Crippen MR) is 77.4 cm³/mol. The van der Waals surface area contributed by atoms with Gasteiger partial charge in [-0.25, -0.2) is 0 Å². The molecule has 1 fully saturated rings. The lowest BCUT2D eigenvalue weighted by molar-refractivity contribution is 0.243. The van der Waals surface area contributed by atoms with Gasteiger partial charge in [-0.3, -0.25) is 0 Å². The molecule has 1 aromatic rings. The van der Waals surface area contributed by atoms with Crippen molar-refractivity contribution in [2.45, 2.75) is 38.8 Å². The van der Waals surface area contributed by atoms with Gasteiger partial charge < -0.3 is 9.73 Å². The molecule has 2 rings (SSSR count). The van der Waals surface area contributed by atoms with Crippen molar-refractivity contribution in [3.8, 4) is 0 Å². The second kappa shape index (κ2) is 7.21. The molecular formula is C13H23N3O3S. The third-order valence-electron chi connectivity index (χ3n) is 3.52. The molecule has 1 atom stereocenters. The Labute approximate surface area is 120 Å². The van der Waals surface area contributed by atoms with Crippen LogP contribution in [0.4, 0.5) is 0 Å². The van der Waals surface area contributed by atoms with E-state index >= 15 is 0 Å². The lowest BCUT2D eigenvalue weighted by atomic mass is 10.1. The SMILES string of the molecule is CCNCC1CCCCN1S(=O)(=O)NCc1ccco1. The van der Waals surface area contributed by atoms with Gasteiger partial charge >= 0.3 is 0 Å². The highest BCUT2D eigenvalue weighted by Gasteiger charge is 2.31. The summed E-state index contributed by atoms with van der Waals surface area (Å²) >= 11 is 0. The molecule has 0 aromatic carbocycles. The second-order valence-corrected chi connectivity index (χ2v) is 6.68. The molecule has 0 aliphatic carbocycles. The van der Waals surface area contributed by atoms with Crippen LogP contribution in [0.25, 0.3) is 0 Å². The van der Waals surface area contributed by atoms with Gasteiger partial charge in [0.05, 0.1) is 12.8 Å². The van der Waals surface area contributed by atoms with Gasteiger partial charge in [0.15, 0.2) is 0 Å². The molecule has 0 bridgehead atoms. The molecule has 1 unspecified atom stereocenters. The van der Waals surface area contributed by atoms with Crippen molar-refractivity contribution in [2.75, 3.05) is 19.6 Å². The summed E-state index contributed by atoms with van der Waals surface area (Å²) in [4.78, 5) is 0. The smallest absolute Gasteiger partial charge is 0.280 e. The molecule has 1 aliphatic rings. The predicted octanol–water partition coefficient (Wildman–Crippen LogP) is 1.08. The van der Waals surface area contributed by atoms with Crippen molar-refractivity contribution in [1.29, 1.82) is 0 Å². The van der Waals surface area contributed by atoms with Crippen LogP contribution in [0.2, 0.25) is 0 Å². The Balaban J connectivity index is 1.97. The van der Waals surface area contributed by atoms with E-state index in [-0.39, 0.29) is 12.6 Å².